The molecule has 5 heteroatoms. The summed E-state index contributed by atoms with van der Waals surface area (Å²) in [5, 5.41) is 10.4. The van der Waals surface area contributed by atoms with Gasteiger partial charge in [-0.3, -0.25) is 0 Å². The number of benzene rings is 1. The van der Waals surface area contributed by atoms with Crippen molar-refractivity contribution in [3.05, 3.63) is 27.2 Å². The van der Waals surface area contributed by atoms with Gasteiger partial charge in [-0.15, -0.1) is 12.4 Å². The van der Waals surface area contributed by atoms with Crippen LogP contribution in [-0.4, -0.2) is 5.11 Å². The van der Waals surface area contributed by atoms with Crippen LogP contribution in [-0.2, 0) is 0 Å². The third kappa shape index (κ3) is 3.04. The first kappa shape index (κ1) is 14.1. The lowest BCUT2D eigenvalue weighted by Crippen LogP contribution is -2.12. The molecular weight excluding hydrogens is 313 g/mol. The first-order chi connectivity index (χ1) is 7.09. The molecule has 1 fully saturated rings. The first-order valence-electron chi connectivity index (χ1n) is 5.02. The van der Waals surface area contributed by atoms with Gasteiger partial charge in [-0.05, 0) is 40.4 Å². The Hall–Kier alpha value is 0.0400. The molecule has 1 aliphatic rings. The Bertz CT molecular complexity index is 382. The van der Waals surface area contributed by atoms with Gasteiger partial charge in [-0.1, -0.05) is 24.4 Å². The summed E-state index contributed by atoms with van der Waals surface area (Å²) in [6, 6.07) is 3.32. The molecule has 0 spiro atoms. The van der Waals surface area contributed by atoms with Gasteiger partial charge in [-0.2, -0.15) is 0 Å². The second-order valence-electron chi connectivity index (χ2n) is 4.08. The maximum atomic E-state index is 9.87. The Balaban J connectivity index is 0.00000128. The van der Waals surface area contributed by atoms with Crippen LogP contribution in [0.5, 0.6) is 5.75 Å². The summed E-state index contributed by atoms with van der Waals surface area (Å²) in [6.07, 6.45) is 3.41. The van der Waals surface area contributed by atoms with Gasteiger partial charge in [0.25, 0.3) is 0 Å². The van der Waals surface area contributed by atoms with E-state index in [0.29, 0.717) is 15.1 Å². The highest BCUT2D eigenvalue weighted by Crippen LogP contribution is 2.42. The smallest absolute Gasteiger partial charge is 0.136 e. The zero-order valence-corrected chi connectivity index (χ0v) is 11.8. The molecule has 2 nitrogen and oxygen atoms in total. The Labute approximate surface area is 115 Å². The largest absolute Gasteiger partial charge is 0.506 e. The molecule has 0 bridgehead atoms. The molecule has 1 atom stereocenters. The van der Waals surface area contributed by atoms with Gasteiger partial charge in [0.15, 0.2) is 0 Å². The summed E-state index contributed by atoms with van der Waals surface area (Å²) < 4.78 is 0.646. The molecule has 0 saturated heterocycles. The quantitative estimate of drug-likeness (QED) is 0.880. The molecule has 0 heterocycles. The van der Waals surface area contributed by atoms with E-state index in [0.717, 1.165) is 12.3 Å². The lowest BCUT2D eigenvalue weighted by molar-refractivity contribution is 0.452. The van der Waals surface area contributed by atoms with Crippen molar-refractivity contribution in [3.63, 3.8) is 0 Å². The fraction of sp³-hybridized carbons (Fsp3) is 0.455. The number of nitrogens with two attached hydrogens (primary N) is 1. The van der Waals surface area contributed by atoms with Crippen LogP contribution in [0.25, 0.3) is 0 Å². The van der Waals surface area contributed by atoms with E-state index in [2.05, 4.69) is 15.9 Å². The zero-order chi connectivity index (χ0) is 11.0. The zero-order valence-electron chi connectivity index (χ0n) is 8.62. The van der Waals surface area contributed by atoms with Crippen molar-refractivity contribution in [1.82, 2.24) is 0 Å². The van der Waals surface area contributed by atoms with Crippen molar-refractivity contribution >= 4 is 39.9 Å². The number of hydrogen-bond donors (Lipinski definition) is 2. The van der Waals surface area contributed by atoms with E-state index in [9.17, 15) is 5.11 Å². The average molecular weight is 327 g/mol. The predicted molar refractivity (Wildman–Crippen MR) is 72.3 cm³/mol. The molecule has 90 valence electrons. The van der Waals surface area contributed by atoms with Crippen molar-refractivity contribution < 1.29 is 5.11 Å². The number of halogens is 3. The summed E-state index contributed by atoms with van der Waals surface area (Å²) in [4.78, 5) is 0. The SMILES string of the molecule is Cl.N[C@H](CC1CC1)c1c(Cl)ccc(Br)c1O. The highest BCUT2D eigenvalue weighted by atomic mass is 79.9. The maximum Gasteiger partial charge on any atom is 0.136 e. The Morgan fingerprint density at radius 1 is 1.50 bits per heavy atom. The highest BCUT2D eigenvalue weighted by Gasteiger charge is 2.27. The molecule has 1 saturated carbocycles. The molecule has 1 aromatic carbocycles. The fourth-order valence-electron chi connectivity index (χ4n) is 1.74. The van der Waals surface area contributed by atoms with E-state index in [1.165, 1.54) is 12.8 Å². The number of phenols is 1. The van der Waals surface area contributed by atoms with Crippen LogP contribution in [0.4, 0.5) is 0 Å². The minimum atomic E-state index is -0.164. The molecule has 1 aliphatic carbocycles. The fourth-order valence-corrected chi connectivity index (χ4v) is 2.38. The first-order valence-corrected chi connectivity index (χ1v) is 6.19. The van der Waals surface area contributed by atoms with E-state index in [1.807, 2.05) is 0 Å². The van der Waals surface area contributed by atoms with E-state index < -0.39 is 0 Å². The highest BCUT2D eigenvalue weighted by molar-refractivity contribution is 9.10. The molecular formula is C11H14BrCl2NO. The van der Waals surface area contributed by atoms with Gasteiger partial charge < -0.3 is 10.8 Å². The van der Waals surface area contributed by atoms with Crippen LogP contribution in [0, 0.1) is 5.92 Å². The lowest BCUT2D eigenvalue weighted by Gasteiger charge is -2.15. The molecule has 16 heavy (non-hydrogen) atoms. The molecule has 0 unspecified atom stereocenters. The third-order valence-electron chi connectivity index (χ3n) is 2.77. The van der Waals surface area contributed by atoms with Gasteiger partial charge in [-0.25, -0.2) is 0 Å². The van der Waals surface area contributed by atoms with E-state index >= 15 is 0 Å². The minimum absolute atomic E-state index is 0. The Morgan fingerprint density at radius 2 is 2.12 bits per heavy atom. The summed E-state index contributed by atoms with van der Waals surface area (Å²) in [5.41, 5.74) is 6.71. The Kier molecular flexibility index (Phi) is 4.92. The van der Waals surface area contributed by atoms with Gasteiger partial charge in [0.1, 0.15) is 5.75 Å². The van der Waals surface area contributed by atoms with Crippen LogP contribution in [0.1, 0.15) is 30.9 Å². The summed E-state index contributed by atoms with van der Waals surface area (Å²) in [6.45, 7) is 0. The second kappa shape index (κ2) is 5.58. The summed E-state index contributed by atoms with van der Waals surface area (Å²) in [7, 11) is 0. The van der Waals surface area contributed by atoms with Gasteiger partial charge in [0.05, 0.1) is 4.47 Å². The Morgan fingerprint density at radius 3 is 2.69 bits per heavy atom. The number of hydrogen-bond acceptors (Lipinski definition) is 2. The summed E-state index contributed by atoms with van der Waals surface area (Å²) in [5.74, 6) is 0.894. The molecule has 0 aromatic heterocycles. The predicted octanol–water partition coefficient (Wildman–Crippen LogP) is 4.03. The van der Waals surface area contributed by atoms with Gasteiger partial charge >= 0.3 is 0 Å². The van der Waals surface area contributed by atoms with E-state index in [1.54, 1.807) is 12.1 Å². The van der Waals surface area contributed by atoms with E-state index in [-0.39, 0.29) is 24.2 Å². The van der Waals surface area contributed by atoms with Crippen LogP contribution in [0.3, 0.4) is 0 Å². The standard InChI is InChI=1S/C11H13BrClNO.ClH/c12-7-3-4-8(13)10(11(7)15)9(14)5-6-1-2-6;/h3-4,6,9,15H,1-2,5,14H2;1H/t9-;/m1./s1. The van der Waals surface area contributed by atoms with Crippen molar-refractivity contribution in [2.24, 2.45) is 11.7 Å². The van der Waals surface area contributed by atoms with Crippen molar-refractivity contribution in [1.29, 1.82) is 0 Å². The number of phenolic OH excluding ortho intramolecular Hbond substituents is 1. The molecule has 0 aliphatic heterocycles. The maximum absolute atomic E-state index is 9.87. The minimum Gasteiger partial charge on any atom is -0.506 e. The van der Waals surface area contributed by atoms with Gasteiger partial charge in [0.2, 0.25) is 0 Å². The molecule has 1 aromatic rings. The van der Waals surface area contributed by atoms with Crippen molar-refractivity contribution in [2.75, 3.05) is 0 Å². The van der Waals surface area contributed by atoms with Crippen LogP contribution < -0.4 is 5.73 Å². The molecule has 0 amide bonds. The average Bonchev–Trinajstić information content (AvgIpc) is 2.96. The lowest BCUT2D eigenvalue weighted by atomic mass is 10.0. The number of aromatic hydroxyl groups is 1. The van der Waals surface area contributed by atoms with Crippen LogP contribution >= 0.6 is 39.9 Å². The molecule has 3 N–H and O–H groups in total. The van der Waals surface area contributed by atoms with Crippen molar-refractivity contribution in [3.8, 4) is 5.75 Å². The third-order valence-corrected chi connectivity index (χ3v) is 3.74. The summed E-state index contributed by atoms with van der Waals surface area (Å²) >= 11 is 9.31. The molecule has 2 rings (SSSR count). The van der Waals surface area contributed by atoms with Crippen LogP contribution in [0.15, 0.2) is 16.6 Å². The normalized spacial score (nSPS) is 16.7. The topological polar surface area (TPSA) is 46.2 Å². The van der Waals surface area contributed by atoms with Crippen molar-refractivity contribution in [2.45, 2.75) is 25.3 Å². The van der Waals surface area contributed by atoms with E-state index in [4.69, 9.17) is 17.3 Å². The monoisotopic (exact) mass is 325 g/mol. The second-order valence-corrected chi connectivity index (χ2v) is 5.34. The molecule has 0 radical (unpaired) electrons. The van der Waals surface area contributed by atoms with Gasteiger partial charge in [0, 0.05) is 16.6 Å². The van der Waals surface area contributed by atoms with Crippen LogP contribution in [0.2, 0.25) is 5.02 Å². The number of rotatable bonds is 3.